The first-order valence-electron chi connectivity index (χ1n) is 6.64. The first-order chi connectivity index (χ1) is 9.05. The molecule has 0 aliphatic heterocycles. The monoisotopic (exact) mass is 303 g/mol. The Morgan fingerprint density at radius 3 is 2.95 bits per heavy atom. The van der Waals surface area contributed by atoms with Crippen LogP contribution in [0.1, 0.15) is 38.4 Å². The zero-order valence-electron chi connectivity index (χ0n) is 11.3. The SMILES string of the molecule is CCc1ncc(S(=O)(=O)NC2CCCC(SC)C2)[nH]1. The van der Waals surface area contributed by atoms with E-state index < -0.39 is 10.0 Å². The molecule has 1 aromatic heterocycles. The lowest BCUT2D eigenvalue weighted by atomic mass is 9.96. The van der Waals surface area contributed by atoms with Gasteiger partial charge in [0.25, 0.3) is 10.0 Å². The number of aromatic amines is 1. The van der Waals surface area contributed by atoms with Crippen LogP contribution < -0.4 is 4.72 Å². The van der Waals surface area contributed by atoms with E-state index in [9.17, 15) is 8.42 Å². The largest absolute Gasteiger partial charge is 0.332 e. The molecule has 1 aliphatic carbocycles. The number of imidazole rings is 1. The summed E-state index contributed by atoms with van der Waals surface area (Å²) in [5, 5.41) is 0.741. The lowest BCUT2D eigenvalue weighted by molar-refractivity contribution is 0.420. The number of hydrogen-bond donors (Lipinski definition) is 2. The van der Waals surface area contributed by atoms with Gasteiger partial charge in [-0.05, 0) is 25.5 Å². The fraction of sp³-hybridized carbons (Fsp3) is 0.750. The molecule has 1 heterocycles. The standard InChI is InChI=1S/C12H21N3O2S2/c1-3-11-13-8-12(14-11)19(16,17)15-9-5-4-6-10(7-9)18-2/h8-10,15H,3-7H2,1-2H3,(H,13,14). The van der Waals surface area contributed by atoms with Crippen molar-refractivity contribution in [1.82, 2.24) is 14.7 Å². The van der Waals surface area contributed by atoms with Crippen LogP contribution in [0.3, 0.4) is 0 Å². The average Bonchev–Trinajstić information content (AvgIpc) is 2.88. The van der Waals surface area contributed by atoms with Gasteiger partial charge in [0.2, 0.25) is 0 Å². The van der Waals surface area contributed by atoms with Crippen molar-refractivity contribution in [2.45, 2.75) is 55.3 Å². The van der Waals surface area contributed by atoms with Crippen molar-refractivity contribution >= 4 is 21.8 Å². The van der Waals surface area contributed by atoms with Crippen LogP contribution in [0.25, 0.3) is 0 Å². The molecular weight excluding hydrogens is 282 g/mol. The van der Waals surface area contributed by atoms with Gasteiger partial charge in [0.15, 0.2) is 5.03 Å². The first-order valence-corrected chi connectivity index (χ1v) is 9.41. The highest BCUT2D eigenvalue weighted by Gasteiger charge is 2.27. The van der Waals surface area contributed by atoms with Crippen LogP contribution >= 0.6 is 11.8 Å². The van der Waals surface area contributed by atoms with Gasteiger partial charge in [-0.15, -0.1) is 0 Å². The molecule has 1 aromatic rings. The Bertz CT molecular complexity index is 513. The fourth-order valence-corrected chi connectivity index (χ4v) is 4.46. The third-order valence-electron chi connectivity index (χ3n) is 3.51. The number of H-pyrrole nitrogens is 1. The predicted octanol–water partition coefficient (Wildman–Crippen LogP) is 1.92. The van der Waals surface area contributed by atoms with E-state index >= 15 is 0 Å². The molecule has 1 saturated carbocycles. The lowest BCUT2D eigenvalue weighted by Gasteiger charge is -2.28. The molecule has 0 radical (unpaired) electrons. The zero-order chi connectivity index (χ0) is 13.9. The van der Waals surface area contributed by atoms with Gasteiger partial charge in [0, 0.05) is 17.7 Å². The summed E-state index contributed by atoms with van der Waals surface area (Å²) in [4.78, 5) is 6.90. The summed E-state index contributed by atoms with van der Waals surface area (Å²) in [5.74, 6) is 0.700. The summed E-state index contributed by atoms with van der Waals surface area (Å²) in [7, 11) is -3.46. The molecular formula is C12H21N3O2S2. The molecule has 0 bridgehead atoms. The maximum atomic E-state index is 12.2. The van der Waals surface area contributed by atoms with Gasteiger partial charge >= 0.3 is 0 Å². The van der Waals surface area contributed by atoms with E-state index in [4.69, 9.17) is 0 Å². The van der Waals surface area contributed by atoms with E-state index in [1.54, 1.807) is 0 Å². The minimum atomic E-state index is -3.46. The smallest absolute Gasteiger partial charge is 0.257 e. The van der Waals surface area contributed by atoms with Crippen molar-refractivity contribution in [1.29, 1.82) is 0 Å². The molecule has 2 N–H and O–H groups in total. The molecule has 0 aromatic carbocycles. The molecule has 2 rings (SSSR count). The van der Waals surface area contributed by atoms with Crippen LogP contribution in [0.2, 0.25) is 0 Å². The van der Waals surface area contributed by atoms with Crippen LogP contribution in [0.15, 0.2) is 11.2 Å². The molecule has 0 spiro atoms. The summed E-state index contributed by atoms with van der Waals surface area (Å²) in [6.07, 6.45) is 8.29. The molecule has 2 atom stereocenters. The normalized spacial score (nSPS) is 24.5. The second kappa shape index (κ2) is 6.28. The Morgan fingerprint density at radius 1 is 1.53 bits per heavy atom. The van der Waals surface area contributed by atoms with Crippen LogP contribution in [0.4, 0.5) is 0 Å². The Labute approximate surface area is 119 Å². The summed E-state index contributed by atoms with van der Waals surface area (Å²) in [5.41, 5.74) is 0. The summed E-state index contributed by atoms with van der Waals surface area (Å²) in [6, 6.07) is 0.0459. The number of rotatable bonds is 5. The highest BCUT2D eigenvalue weighted by atomic mass is 32.2. The van der Waals surface area contributed by atoms with Crippen LogP contribution in [-0.2, 0) is 16.4 Å². The number of nitrogens with zero attached hydrogens (tertiary/aromatic N) is 1. The molecule has 19 heavy (non-hydrogen) atoms. The number of aromatic nitrogens is 2. The van der Waals surface area contributed by atoms with E-state index in [0.717, 1.165) is 19.3 Å². The van der Waals surface area contributed by atoms with Gasteiger partial charge in [0.1, 0.15) is 5.82 Å². The predicted molar refractivity (Wildman–Crippen MR) is 77.8 cm³/mol. The van der Waals surface area contributed by atoms with Crippen LogP contribution in [-0.4, -0.2) is 35.9 Å². The Balaban J connectivity index is 2.04. The number of hydrogen-bond acceptors (Lipinski definition) is 4. The Morgan fingerprint density at radius 2 is 2.32 bits per heavy atom. The van der Waals surface area contributed by atoms with Crippen molar-refractivity contribution in [3.63, 3.8) is 0 Å². The summed E-state index contributed by atoms with van der Waals surface area (Å²) in [6.45, 7) is 1.94. The Kier molecular flexibility index (Phi) is 4.92. The topological polar surface area (TPSA) is 74.8 Å². The number of nitrogens with one attached hydrogen (secondary N) is 2. The third kappa shape index (κ3) is 3.73. The molecule has 1 aliphatic rings. The third-order valence-corrected chi connectivity index (χ3v) is 6.04. The van der Waals surface area contributed by atoms with Crippen LogP contribution in [0.5, 0.6) is 0 Å². The van der Waals surface area contributed by atoms with Gasteiger partial charge in [-0.3, -0.25) is 0 Å². The van der Waals surface area contributed by atoms with E-state index in [1.165, 1.54) is 12.6 Å². The Hall–Kier alpha value is -0.530. The van der Waals surface area contributed by atoms with Crippen molar-refractivity contribution in [3.05, 3.63) is 12.0 Å². The van der Waals surface area contributed by atoms with Crippen LogP contribution in [0, 0.1) is 0 Å². The summed E-state index contributed by atoms with van der Waals surface area (Å²) >= 11 is 1.82. The highest BCUT2D eigenvalue weighted by Crippen LogP contribution is 2.27. The molecule has 5 nitrogen and oxygen atoms in total. The zero-order valence-corrected chi connectivity index (χ0v) is 13.0. The van der Waals surface area contributed by atoms with E-state index in [1.807, 2.05) is 18.7 Å². The van der Waals surface area contributed by atoms with Crippen molar-refractivity contribution < 1.29 is 8.42 Å². The second-order valence-electron chi connectivity index (χ2n) is 4.89. The van der Waals surface area contributed by atoms with Crippen molar-refractivity contribution in [3.8, 4) is 0 Å². The summed E-state index contributed by atoms with van der Waals surface area (Å²) < 4.78 is 27.3. The van der Waals surface area contributed by atoms with E-state index in [0.29, 0.717) is 17.5 Å². The minimum absolute atomic E-state index is 0.0459. The number of sulfonamides is 1. The molecule has 0 saturated heterocycles. The number of aryl methyl sites for hydroxylation is 1. The van der Waals surface area contributed by atoms with Gasteiger partial charge in [-0.25, -0.2) is 18.1 Å². The van der Waals surface area contributed by atoms with Crippen molar-refractivity contribution in [2.24, 2.45) is 0 Å². The molecule has 1 fully saturated rings. The first kappa shape index (κ1) is 14.9. The highest BCUT2D eigenvalue weighted by molar-refractivity contribution is 7.99. The quantitative estimate of drug-likeness (QED) is 0.871. The fourth-order valence-electron chi connectivity index (χ4n) is 2.41. The maximum absolute atomic E-state index is 12.2. The number of thioether (sulfide) groups is 1. The van der Waals surface area contributed by atoms with E-state index in [-0.39, 0.29) is 11.1 Å². The molecule has 2 unspecified atom stereocenters. The van der Waals surface area contributed by atoms with Gasteiger partial charge < -0.3 is 4.98 Å². The second-order valence-corrected chi connectivity index (χ2v) is 7.71. The van der Waals surface area contributed by atoms with E-state index in [2.05, 4.69) is 20.9 Å². The van der Waals surface area contributed by atoms with Crippen molar-refractivity contribution in [2.75, 3.05) is 6.26 Å². The molecule has 7 heteroatoms. The molecule has 0 amide bonds. The minimum Gasteiger partial charge on any atom is -0.332 e. The lowest BCUT2D eigenvalue weighted by Crippen LogP contribution is -2.39. The van der Waals surface area contributed by atoms with Gasteiger partial charge in [-0.2, -0.15) is 11.8 Å². The average molecular weight is 303 g/mol. The van der Waals surface area contributed by atoms with Gasteiger partial charge in [0.05, 0.1) is 6.20 Å². The van der Waals surface area contributed by atoms with Gasteiger partial charge in [-0.1, -0.05) is 13.3 Å². The maximum Gasteiger partial charge on any atom is 0.257 e. The molecule has 108 valence electrons.